The van der Waals surface area contributed by atoms with E-state index in [4.69, 9.17) is 9.57 Å². The number of aromatic nitrogens is 2. The third kappa shape index (κ3) is 3.78. The number of piperidine rings is 1. The molecule has 0 unspecified atom stereocenters. The van der Waals surface area contributed by atoms with E-state index in [0.717, 1.165) is 41.1 Å². The van der Waals surface area contributed by atoms with E-state index < -0.39 is 5.72 Å². The van der Waals surface area contributed by atoms with Gasteiger partial charge in [0.1, 0.15) is 18.2 Å². The Balaban J connectivity index is 1.49. The van der Waals surface area contributed by atoms with Gasteiger partial charge in [-0.25, -0.2) is 9.37 Å². The fourth-order valence-electron chi connectivity index (χ4n) is 4.53. The summed E-state index contributed by atoms with van der Waals surface area (Å²) in [5.41, 5.74) is 3.20. The van der Waals surface area contributed by atoms with Gasteiger partial charge in [0.25, 0.3) is 5.72 Å². The number of rotatable bonds is 5. The zero-order valence-corrected chi connectivity index (χ0v) is 20.4. The number of benzene rings is 2. The van der Waals surface area contributed by atoms with E-state index >= 15 is 0 Å². The molecule has 0 amide bonds. The number of oxime groups is 1. The molecule has 3 aromatic rings. The fourth-order valence-corrected chi connectivity index (χ4v) is 5.20. The maximum atomic E-state index is 13.7. The van der Waals surface area contributed by atoms with Gasteiger partial charge in [0.2, 0.25) is 0 Å². The number of hydrogen-bond acceptors (Lipinski definition) is 6. The first-order valence-electron chi connectivity index (χ1n) is 11.0. The van der Waals surface area contributed by atoms with Gasteiger partial charge in [0, 0.05) is 22.8 Å². The number of aliphatic hydroxyl groups is 1. The normalized spacial score (nSPS) is 20.8. The van der Waals surface area contributed by atoms with Gasteiger partial charge in [0.15, 0.2) is 5.84 Å². The van der Waals surface area contributed by atoms with E-state index in [-0.39, 0.29) is 12.4 Å². The number of hydrogen-bond donors (Lipinski definition) is 1. The molecule has 1 aromatic heterocycles. The Hall–Kier alpha value is -3.17. The number of methoxy groups -OCH3 is 1. The number of halogens is 2. The molecule has 0 bridgehead atoms. The van der Waals surface area contributed by atoms with Crippen molar-refractivity contribution in [3.63, 3.8) is 0 Å². The summed E-state index contributed by atoms with van der Waals surface area (Å²) in [7, 11) is 1.65. The first-order valence-corrected chi connectivity index (χ1v) is 11.7. The van der Waals surface area contributed by atoms with Gasteiger partial charge in [-0.05, 0) is 67.3 Å². The first-order chi connectivity index (χ1) is 16.4. The van der Waals surface area contributed by atoms with Gasteiger partial charge in [0.05, 0.1) is 24.8 Å². The van der Waals surface area contributed by atoms with Crippen LogP contribution in [0.4, 0.5) is 4.39 Å². The summed E-state index contributed by atoms with van der Waals surface area (Å²) < 4.78 is 21.8. The summed E-state index contributed by atoms with van der Waals surface area (Å²) in [5, 5.41) is 14.8. The minimum Gasteiger partial charge on any atom is -0.495 e. The second-order valence-electron chi connectivity index (χ2n) is 8.35. The molecule has 3 heterocycles. The van der Waals surface area contributed by atoms with Crippen LogP contribution in [0.3, 0.4) is 0 Å². The third-order valence-corrected chi connectivity index (χ3v) is 6.85. The molecule has 1 fully saturated rings. The van der Waals surface area contributed by atoms with Gasteiger partial charge >= 0.3 is 0 Å². The predicted octanol–water partition coefficient (Wildman–Crippen LogP) is 4.76. The van der Waals surface area contributed by atoms with Crippen molar-refractivity contribution < 1.29 is 19.1 Å². The van der Waals surface area contributed by atoms with Crippen LogP contribution < -0.4 is 4.74 Å². The molecule has 0 radical (unpaired) electrons. The second-order valence-corrected chi connectivity index (χ2v) is 9.21. The molecule has 1 saturated heterocycles. The number of ether oxygens (including phenoxy) is 1. The standard InChI is InChI=1S/C25H24BrFN4O3/c1-16-13-30(15-28-16)22-8-5-17(11-23(22)33-2)10-18-4-3-9-31-24(18)29-34-25(31,14-32)20-7-6-19(27)12-21(20)26/h5-8,10-13,15,32H,3-4,9,14H2,1-2H3/b18-10+/t25-/m0/s1. The second kappa shape index (κ2) is 8.88. The van der Waals surface area contributed by atoms with Gasteiger partial charge < -0.3 is 24.1 Å². The van der Waals surface area contributed by atoms with Crippen molar-refractivity contribution in [1.29, 1.82) is 0 Å². The van der Waals surface area contributed by atoms with E-state index in [0.29, 0.717) is 22.4 Å². The molecule has 7 nitrogen and oxygen atoms in total. The zero-order valence-electron chi connectivity index (χ0n) is 18.8. The maximum absolute atomic E-state index is 13.7. The topological polar surface area (TPSA) is 72.1 Å². The number of nitrogens with zero attached hydrogens (tertiary/aromatic N) is 4. The molecule has 34 heavy (non-hydrogen) atoms. The van der Waals surface area contributed by atoms with Crippen molar-refractivity contribution in [1.82, 2.24) is 14.5 Å². The van der Waals surface area contributed by atoms with E-state index in [1.54, 1.807) is 19.5 Å². The largest absolute Gasteiger partial charge is 0.495 e. The molecule has 0 aliphatic carbocycles. The van der Waals surface area contributed by atoms with Gasteiger partial charge in [-0.3, -0.25) is 0 Å². The Morgan fingerprint density at radius 1 is 1.29 bits per heavy atom. The molecule has 1 atom stereocenters. The molecule has 1 N–H and O–H groups in total. The highest BCUT2D eigenvalue weighted by Gasteiger charge is 2.50. The van der Waals surface area contributed by atoms with Crippen LogP contribution >= 0.6 is 15.9 Å². The maximum Gasteiger partial charge on any atom is 0.261 e. The lowest BCUT2D eigenvalue weighted by molar-refractivity contribution is -0.137. The van der Waals surface area contributed by atoms with Crippen LogP contribution in [0.1, 0.15) is 29.7 Å². The average Bonchev–Trinajstić information content (AvgIpc) is 3.44. The van der Waals surface area contributed by atoms with Crippen molar-refractivity contribution >= 4 is 27.8 Å². The number of aryl methyl sites for hydroxylation is 1. The summed E-state index contributed by atoms with van der Waals surface area (Å²) >= 11 is 3.42. The number of amidine groups is 1. The lowest BCUT2D eigenvalue weighted by Crippen LogP contribution is -2.51. The summed E-state index contributed by atoms with van der Waals surface area (Å²) in [6.07, 6.45) is 7.44. The van der Waals surface area contributed by atoms with E-state index in [2.05, 4.69) is 32.1 Å². The highest BCUT2D eigenvalue weighted by molar-refractivity contribution is 9.10. The Morgan fingerprint density at radius 3 is 2.85 bits per heavy atom. The molecule has 176 valence electrons. The SMILES string of the molecule is COc1cc(/C=C2\CCCN3C2=NO[C@@]3(CO)c2ccc(F)cc2Br)ccc1-n1cnc(C)c1. The highest BCUT2D eigenvalue weighted by Crippen LogP contribution is 2.43. The fraction of sp³-hybridized carbons (Fsp3) is 0.280. The van der Waals surface area contributed by atoms with Crippen LogP contribution in [0.2, 0.25) is 0 Å². The molecule has 2 aromatic carbocycles. The molecular formula is C25H24BrFN4O3. The Kier molecular flexibility index (Phi) is 5.91. The molecule has 0 spiro atoms. The van der Waals surface area contributed by atoms with Crippen molar-refractivity contribution in [2.24, 2.45) is 5.16 Å². The van der Waals surface area contributed by atoms with E-state index in [9.17, 15) is 9.50 Å². The molecule has 2 aliphatic rings. The van der Waals surface area contributed by atoms with Crippen molar-refractivity contribution in [3.05, 3.63) is 81.6 Å². The first kappa shape index (κ1) is 22.6. The summed E-state index contributed by atoms with van der Waals surface area (Å²) in [6.45, 7) is 2.27. The molecular weight excluding hydrogens is 503 g/mol. The summed E-state index contributed by atoms with van der Waals surface area (Å²) in [6, 6.07) is 10.3. The van der Waals surface area contributed by atoms with E-state index in [1.807, 2.05) is 40.8 Å². The van der Waals surface area contributed by atoms with Crippen LogP contribution in [0.15, 0.2) is 64.1 Å². The van der Waals surface area contributed by atoms with Gasteiger partial charge in [-0.1, -0.05) is 27.2 Å². The average molecular weight is 527 g/mol. The van der Waals surface area contributed by atoms with Crippen LogP contribution in [0, 0.1) is 12.7 Å². The number of aliphatic hydroxyl groups excluding tert-OH is 1. The van der Waals surface area contributed by atoms with Crippen LogP contribution in [0.25, 0.3) is 11.8 Å². The van der Waals surface area contributed by atoms with Crippen LogP contribution in [-0.4, -0.2) is 45.7 Å². The third-order valence-electron chi connectivity index (χ3n) is 6.19. The zero-order chi connectivity index (χ0) is 23.9. The predicted molar refractivity (Wildman–Crippen MR) is 130 cm³/mol. The smallest absolute Gasteiger partial charge is 0.261 e. The lowest BCUT2D eigenvalue weighted by atomic mass is 9.94. The van der Waals surface area contributed by atoms with Crippen LogP contribution in [-0.2, 0) is 10.6 Å². The summed E-state index contributed by atoms with van der Waals surface area (Å²) in [4.78, 5) is 12.1. The Labute approximate surface area is 205 Å². The van der Waals surface area contributed by atoms with E-state index in [1.165, 1.54) is 12.1 Å². The quantitative estimate of drug-likeness (QED) is 0.518. The minimum absolute atomic E-state index is 0.329. The minimum atomic E-state index is -1.21. The van der Waals surface area contributed by atoms with Crippen molar-refractivity contribution in [2.45, 2.75) is 25.5 Å². The number of fused-ring (bicyclic) bond motifs is 1. The van der Waals surface area contributed by atoms with Crippen molar-refractivity contribution in [3.8, 4) is 11.4 Å². The van der Waals surface area contributed by atoms with Gasteiger partial charge in [-0.15, -0.1) is 0 Å². The lowest BCUT2D eigenvalue weighted by Gasteiger charge is -2.39. The molecule has 5 rings (SSSR count). The highest BCUT2D eigenvalue weighted by atomic mass is 79.9. The monoisotopic (exact) mass is 526 g/mol. The van der Waals surface area contributed by atoms with Crippen LogP contribution in [0.5, 0.6) is 5.75 Å². The molecule has 2 aliphatic heterocycles. The van der Waals surface area contributed by atoms with Crippen molar-refractivity contribution in [2.75, 3.05) is 20.3 Å². The Morgan fingerprint density at radius 2 is 2.15 bits per heavy atom. The molecule has 0 saturated carbocycles. The molecule has 9 heteroatoms. The van der Waals surface area contributed by atoms with Gasteiger partial charge in [-0.2, -0.15) is 0 Å². The summed E-state index contributed by atoms with van der Waals surface area (Å²) in [5.74, 6) is 1.03. The Bertz CT molecular complexity index is 1310. The number of imidazole rings is 1.